The molecular formula is C24H31F5. The molecule has 5 heteroatoms. The number of hydrogen-bond acceptors (Lipinski definition) is 0. The third-order valence-corrected chi connectivity index (χ3v) is 6.94. The molecule has 1 aromatic rings. The van der Waals surface area contributed by atoms with Crippen molar-refractivity contribution in [1.82, 2.24) is 0 Å². The lowest BCUT2D eigenvalue weighted by atomic mass is 9.68. The van der Waals surface area contributed by atoms with Crippen LogP contribution in [0.4, 0.5) is 22.0 Å². The quantitative estimate of drug-likeness (QED) is 0.250. The minimum absolute atomic E-state index is 0.165. The van der Waals surface area contributed by atoms with Crippen LogP contribution in [0.25, 0.3) is 0 Å². The Morgan fingerprint density at radius 3 is 2.07 bits per heavy atom. The zero-order valence-corrected chi connectivity index (χ0v) is 16.9. The van der Waals surface area contributed by atoms with Crippen LogP contribution in [-0.4, -0.2) is 6.67 Å². The van der Waals surface area contributed by atoms with Crippen molar-refractivity contribution in [1.29, 1.82) is 0 Å². The SMILES string of the molecule is FCCCC=C[C@H]1CC[C@H]([C@H]2CC[C@H](c3ccc(C(F)(F)F)c(F)c3)CC2)CC1. The molecule has 0 spiro atoms. The van der Waals surface area contributed by atoms with Gasteiger partial charge >= 0.3 is 6.18 Å². The maximum Gasteiger partial charge on any atom is 0.419 e. The third kappa shape index (κ3) is 6.05. The van der Waals surface area contributed by atoms with E-state index in [0.29, 0.717) is 23.8 Å². The monoisotopic (exact) mass is 414 g/mol. The zero-order valence-electron chi connectivity index (χ0n) is 16.9. The second-order valence-electron chi connectivity index (χ2n) is 8.78. The molecule has 0 saturated heterocycles. The van der Waals surface area contributed by atoms with Crippen LogP contribution in [-0.2, 0) is 6.18 Å². The molecule has 0 aliphatic heterocycles. The Labute approximate surface area is 170 Å². The number of rotatable bonds is 6. The standard InChI is InChI=1S/C24H31F5/c25-15-3-1-2-4-17-5-7-18(8-6-17)19-9-11-20(12-10-19)21-13-14-22(23(26)16-21)24(27,28)29/h2,4,13-14,16-20H,1,3,5-12,15H2/t17-,18-,19-,20-. The summed E-state index contributed by atoms with van der Waals surface area (Å²) in [6.45, 7) is -0.251. The highest BCUT2D eigenvalue weighted by atomic mass is 19.4. The normalized spacial score (nSPS) is 28.7. The van der Waals surface area contributed by atoms with Crippen molar-refractivity contribution in [3.63, 3.8) is 0 Å². The molecule has 2 aliphatic carbocycles. The van der Waals surface area contributed by atoms with Crippen LogP contribution in [0.1, 0.15) is 81.3 Å². The lowest BCUT2D eigenvalue weighted by Crippen LogP contribution is -2.25. The van der Waals surface area contributed by atoms with Gasteiger partial charge in [-0.15, -0.1) is 0 Å². The van der Waals surface area contributed by atoms with E-state index in [-0.39, 0.29) is 12.6 Å². The fraction of sp³-hybridized carbons (Fsp3) is 0.667. The fourth-order valence-corrected chi connectivity index (χ4v) is 5.23. The van der Waals surface area contributed by atoms with Gasteiger partial charge in [-0.25, -0.2) is 4.39 Å². The molecule has 0 N–H and O–H groups in total. The molecule has 3 rings (SSSR count). The number of allylic oxidation sites excluding steroid dienone is 2. The van der Waals surface area contributed by atoms with Gasteiger partial charge in [0.15, 0.2) is 0 Å². The lowest BCUT2D eigenvalue weighted by molar-refractivity contribution is -0.140. The molecule has 29 heavy (non-hydrogen) atoms. The number of alkyl halides is 4. The average molecular weight is 415 g/mol. The van der Waals surface area contributed by atoms with E-state index in [2.05, 4.69) is 12.2 Å². The average Bonchev–Trinajstić information content (AvgIpc) is 2.71. The summed E-state index contributed by atoms with van der Waals surface area (Å²) in [5.41, 5.74) is -0.471. The van der Waals surface area contributed by atoms with Crippen molar-refractivity contribution < 1.29 is 22.0 Å². The largest absolute Gasteiger partial charge is 0.419 e. The van der Waals surface area contributed by atoms with Crippen LogP contribution in [0.3, 0.4) is 0 Å². The number of halogens is 5. The molecule has 2 fully saturated rings. The molecule has 0 unspecified atom stereocenters. The van der Waals surface area contributed by atoms with Crippen molar-refractivity contribution in [2.45, 2.75) is 76.3 Å². The Kier molecular flexibility index (Phi) is 7.75. The third-order valence-electron chi connectivity index (χ3n) is 6.94. The second-order valence-corrected chi connectivity index (χ2v) is 8.78. The Hall–Kier alpha value is -1.39. The number of unbranched alkanes of at least 4 members (excludes halogenated alkanes) is 1. The van der Waals surface area contributed by atoms with E-state index in [1.807, 2.05) is 0 Å². The molecule has 1 aromatic carbocycles. The van der Waals surface area contributed by atoms with Crippen LogP contribution < -0.4 is 0 Å². The summed E-state index contributed by atoms with van der Waals surface area (Å²) < 4.78 is 64.3. The highest BCUT2D eigenvalue weighted by Gasteiger charge is 2.35. The molecule has 0 atom stereocenters. The molecule has 0 nitrogen and oxygen atoms in total. The van der Waals surface area contributed by atoms with Crippen LogP contribution in [0.2, 0.25) is 0 Å². The zero-order chi connectivity index (χ0) is 20.9. The first kappa shape index (κ1) is 22.3. The number of hydrogen-bond donors (Lipinski definition) is 0. The van der Waals surface area contributed by atoms with Gasteiger partial charge in [0.05, 0.1) is 12.2 Å². The van der Waals surface area contributed by atoms with Crippen molar-refractivity contribution in [3.8, 4) is 0 Å². The Morgan fingerprint density at radius 1 is 0.897 bits per heavy atom. The van der Waals surface area contributed by atoms with Gasteiger partial charge in [-0.3, -0.25) is 4.39 Å². The Bertz CT molecular complexity index is 662. The van der Waals surface area contributed by atoms with Crippen LogP contribution in [0, 0.1) is 23.6 Å². The lowest BCUT2D eigenvalue weighted by Gasteiger charge is -2.37. The summed E-state index contributed by atoms with van der Waals surface area (Å²) in [4.78, 5) is 0. The van der Waals surface area contributed by atoms with E-state index >= 15 is 0 Å². The molecule has 0 heterocycles. The van der Waals surface area contributed by atoms with Gasteiger partial charge in [-0.1, -0.05) is 18.2 Å². The highest BCUT2D eigenvalue weighted by molar-refractivity contribution is 5.29. The molecule has 0 radical (unpaired) electrons. The van der Waals surface area contributed by atoms with E-state index in [1.165, 1.54) is 31.7 Å². The molecule has 0 amide bonds. The first-order valence-corrected chi connectivity index (χ1v) is 11.0. The summed E-state index contributed by atoms with van der Waals surface area (Å²) in [7, 11) is 0. The van der Waals surface area contributed by atoms with Gasteiger partial charge in [0.25, 0.3) is 0 Å². The summed E-state index contributed by atoms with van der Waals surface area (Å²) in [5, 5.41) is 0. The molecule has 2 aliphatic rings. The molecule has 2 saturated carbocycles. The predicted molar refractivity (Wildman–Crippen MR) is 106 cm³/mol. The van der Waals surface area contributed by atoms with E-state index in [4.69, 9.17) is 0 Å². The maximum absolute atomic E-state index is 13.9. The minimum Gasteiger partial charge on any atom is -0.251 e. The van der Waals surface area contributed by atoms with Crippen molar-refractivity contribution in [2.24, 2.45) is 17.8 Å². The summed E-state index contributed by atoms with van der Waals surface area (Å²) in [6.07, 6.45) is 10.0. The van der Waals surface area contributed by atoms with Crippen molar-refractivity contribution in [3.05, 3.63) is 47.3 Å². The molecule has 0 aromatic heterocycles. The van der Waals surface area contributed by atoms with Gasteiger partial charge < -0.3 is 0 Å². The van der Waals surface area contributed by atoms with E-state index in [0.717, 1.165) is 50.2 Å². The number of benzene rings is 1. The van der Waals surface area contributed by atoms with Gasteiger partial charge in [-0.2, -0.15) is 13.2 Å². The topological polar surface area (TPSA) is 0 Å². The van der Waals surface area contributed by atoms with Gasteiger partial charge in [-0.05, 0) is 106 Å². The first-order valence-electron chi connectivity index (χ1n) is 11.0. The summed E-state index contributed by atoms with van der Waals surface area (Å²) >= 11 is 0. The van der Waals surface area contributed by atoms with Crippen LogP contribution in [0.5, 0.6) is 0 Å². The Balaban J connectivity index is 1.46. The van der Waals surface area contributed by atoms with Gasteiger partial charge in [0, 0.05) is 0 Å². The van der Waals surface area contributed by atoms with E-state index in [9.17, 15) is 22.0 Å². The fourth-order valence-electron chi connectivity index (χ4n) is 5.23. The van der Waals surface area contributed by atoms with E-state index in [1.54, 1.807) is 0 Å². The first-order chi connectivity index (χ1) is 13.9. The van der Waals surface area contributed by atoms with Crippen LogP contribution >= 0.6 is 0 Å². The second kappa shape index (κ2) is 10.1. The van der Waals surface area contributed by atoms with E-state index < -0.39 is 17.6 Å². The maximum atomic E-state index is 13.9. The Morgan fingerprint density at radius 2 is 1.52 bits per heavy atom. The van der Waals surface area contributed by atoms with Crippen molar-refractivity contribution >= 4 is 0 Å². The molecule has 0 bridgehead atoms. The van der Waals surface area contributed by atoms with Crippen LogP contribution in [0.15, 0.2) is 30.4 Å². The molecule has 162 valence electrons. The van der Waals surface area contributed by atoms with Gasteiger partial charge in [0.1, 0.15) is 5.82 Å². The smallest absolute Gasteiger partial charge is 0.251 e. The van der Waals surface area contributed by atoms with Gasteiger partial charge in [0.2, 0.25) is 0 Å². The summed E-state index contributed by atoms with van der Waals surface area (Å²) in [6, 6.07) is 3.44. The predicted octanol–water partition coefficient (Wildman–Crippen LogP) is 8.23. The van der Waals surface area contributed by atoms with Crippen molar-refractivity contribution in [2.75, 3.05) is 6.67 Å². The molecular weight excluding hydrogens is 383 g/mol. The minimum atomic E-state index is -4.64. The highest BCUT2D eigenvalue weighted by Crippen LogP contribution is 2.44. The summed E-state index contributed by atoms with van der Waals surface area (Å²) in [5.74, 6) is 1.04.